The third-order valence-electron chi connectivity index (χ3n) is 4.89. The minimum absolute atomic E-state index is 0.108. The Morgan fingerprint density at radius 1 is 1.25 bits per heavy atom. The number of nitrogens with zero attached hydrogens (tertiary/aromatic N) is 2. The van der Waals surface area contributed by atoms with Crippen molar-refractivity contribution >= 4 is 5.91 Å². The predicted octanol–water partition coefficient (Wildman–Crippen LogP) is 1.33. The highest BCUT2D eigenvalue weighted by Crippen LogP contribution is 2.19. The number of carbonyl (C=O) groups is 1. The van der Waals surface area contributed by atoms with E-state index in [0.29, 0.717) is 0 Å². The second-order valence-electron chi connectivity index (χ2n) is 6.75. The Morgan fingerprint density at radius 3 is 2.92 bits per heavy atom. The lowest BCUT2D eigenvalue weighted by atomic mass is 9.97. The van der Waals surface area contributed by atoms with Crippen molar-refractivity contribution in [1.29, 1.82) is 0 Å². The van der Waals surface area contributed by atoms with Gasteiger partial charge in [0, 0.05) is 26.2 Å². The molecule has 134 valence electrons. The third kappa shape index (κ3) is 5.33. The molecule has 2 fully saturated rings. The monoisotopic (exact) mass is 335 g/mol. The number of ether oxygens (including phenoxy) is 1. The molecule has 2 aliphatic heterocycles. The first kappa shape index (κ1) is 17.5. The summed E-state index contributed by atoms with van der Waals surface area (Å²) in [5, 5.41) is 3.12. The van der Waals surface area contributed by atoms with Crippen molar-refractivity contribution in [2.45, 2.75) is 25.8 Å². The van der Waals surface area contributed by atoms with E-state index in [1.54, 1.807) is 6.26 Å². The minimum atomic E-state index is 0.108. The highest BCUT2D eigenvalue weighted by Gasteiger charge is 2.25. The van der Waals surface area contributed by atoms with Crippen LogP contribution >= 0.6 is 0 Å². The molecule has 1 atom stereocenters. The maximum atomic E-state index is 12.4. The van der Waals surface area contributed by atoms with E-state index in [1.165, 1.54) is 0 Å². The van der Waals surface area contributed by atoms with Crippen LogP contribution in [0.25, 0.3) is 0 Å². The average Bonchev–Trinajstić information content (AvgIpc) is 3.13. The fraction of sp³-hybridized carbons (Fsp3) is 0.722. The molecule has 0 bridgehead atoms. The zero-order valence-electron chi connectivity index (χ0n) is 14.4. The summed E-state index contributed by atoms with van der Waals surface area (Å²) in [6.07, 6.45) is 4.78. The summed E-state index contributed by atoms with van der Waals surface area (Å²) < 4.78 is 10.8. The lowest BCUT2D eigenvalue weighted by Crippen LogP contribution is -2.43. The smallest absolute Gasteiger partial charge is 0.224 e. The van der Waals surface area contributed by atoms with Crippen LogP contribution in [0.4, 0.5) is 0 Å². The molecule has 2 saturated heterocycles. The van der Waals surface area contributed by atoms with Gasteiger partial charge in [-0.3, -0.25) is 14.6 Å². The molecule has 6 heteroatoms. The number of nitrogens with one attached hydrogen (secondary N) is 1. The van der Waals surface area contributed by atoms with E-state index in [2.05, 4.69) is 15.1 Å². The van der Waals surface area contributed by atoms with E-state index in [9.17, 15) is 4.79 Å². The summed E-state index contributed by atoms with van der Waals surface area (Å²) in [5.41, 5.74) is 0. The van der Waals surface area contributed by atoms with Gasteiger partial charge in [0.05, 0.1) is 31.9 Å². The highest BCUT2D eigenvalue weighted by molar-refractivity contribution is 5.78. The van der Waals surface area contributed by atoms with E-state index < -0.39 is 0 Å². The second-order valence-corrected chi connectivity index (χ2v) is 6.75. The zero-order valence-corrected chi connectivity index (χ0v) is 14.4. The number of rotatable bonds is 7. The second kappa shape index (κ2) is 9.20. The number of furan rings is 1. The molecular formula is C18H29N3O3. The van der Waals surface area contributed by atoms with Crippen LogP contribution in [-0.2, 0) is 16.1 Å². The summed E-state index contributed by atoms with van der Waals surface area (Å²) in [5.74, 6) is 1.29. The Labute approximate surface area is 144 Å². The van der Waals surface area contributed by atoms with E-state index >= 15 is 0 Å². The fourth-order valence-electron chi connectivity index (χ4n) is 3.52. The minimum Gasteiger partial charge on any atom is -0.468 e. The Kier molecular flexibility index (Phi) is 6.69. The van der Waals surface area contributed by atoms with Gasteiger partial charge in [-0.05, 0) is 44.5 Å². The van der Waals surface area contributed by atoms with Crippen LogP contribution in [0.3, 0.4) is 0 Å². The molecule has 0 radical (unpaired) electrons. The Balaban J connectivity index is 1.33. The van der Waals surface area contributed by atoms with Gasteiger partial charge in [-0.2, -0.15) is 0 Å². The lowest BCUT2D eigenvalue weighted by Gasteiger charge is -2.31. The van der Waals surface area contributed by atoms with Gasteiger partial charge in [0.2, 0.25) is 5.91 Å². The van der Waals surface area contributed by atoms with E-state index in [4.69, 9.17) is 9.15 Å². The molecule has 0 aromatic carbocycles. The predicted molar refractivity (Wildman–Crippen MR) is 91.6 cm³/mol. The molecule has 1 aromatic rings. The Hall–Kier alpha value is -1.37. The molecule has 0 spiro atoms. The van der Waals surface area contributed by atoms with Crippen molar-refractivity contribution in [3.63, 3.8) is 0 Å². The number of morpholine rings is 1. The van der Waals surface area contributed by atoms with Gasteiger partial charge in [-0.1, -0.05) is 0 Å². The van der Waals surface area contributed by atoms with Gasteiger partial charge in [-0.25, -0.2) is 0 Å². The van der Waals surface area contributed by atoms with Crippen LogP contribution < -0.4 is 5.32 Å². The van der Waals surface area contributed by atoms with Crippen molar-refractivity contribution in [2.24, 2.45) is 5.92 Å². The van der Waals surface area contributed by atoms with Crippen molar-refractivity contribution in [1.82, 2.24) is 15.1 Å². The summed E-state index contributed by atoms with van der Waals surface area (Å²) in [7, 11) is 0. The van der Waals surface area contributed by atoms with Crippen LogP contribution in [0.1, 0.15) is 25.0 Å². The molecule has 24 heavy (non-hydrogen) atoms. The number of amides is 1. The maximum Gasteiger partial charge on any atom is 0.224 e. The van der Waals surface area contributed by atoms with Gasteiger partial charge in [0.25, 0.3) is 0 Å². The molecule has 0 aliphatic carbocycles. The molecule has 1 N–H and O–H groups in total. The third-order valence-corrected chi connectivity index (χ3v) is 4.89. The number of hydrogen-bond acceptors (Lipinski definition) is 5. The van der Waals surface area contributed by atoms with Gasteiger partial charge < -0.3 is 14.5 Å². The molecule has 1 amide bonds. The van der Waals surface area contributed by atoms with Gasteiger partial charge in [-0.15, -0.1) is 0 Å². The molecular weight excluding hydrogens is 306 g/mol. The first-order chi connectivity index (χ1) is 11.8. The summed E-state index contributed by atoms with van der Waals surface area (Å²) in [6, 6.07) is 3.91. The van der Waals surface area contributed by atoms with Gasteiger partial charge >= 0.3 is 0 Å². The standard InChI is InChI=1S/C18H29N3O3/c22-18(19-6-3-8-20-9-12-23-13-10-20)16-4-1-7-21(14-16)15-17-5-2-11-24-17/h2,5,11,16H,1,3-4,6-10,12-15H2,(H,19,22)/t16-/m0/s1. The van der Waals surface area contributed by atoms with Crippen LogP contribution in [-0.4, -0.2) is 68.2 Å². The van der Waals surface area contributed by atoms with Crippen LogP contribution in [0, 0.1) is 5.92 Å². The highest BCUT2D eigenvalue weighted by atomic mass is 16.5. The molecule has 3 heterocycles. The number of carbonyl (C=O) groups excluding carboxylic acids is 1. The maximum absolute atomic E-state index is 12.4. The molecule has 0 unspecified atom stereocenters. The first-order valence-electron chi connectivity index (χ1n) is 9.14. The van der Waals surface area contributed by atoms with Crippen molar-refractivity contribution < 1.29 is 13.9 Å². The first-order valence-corrected chi connectivity index (χ1v) is 9.14. The Bertz CT molecular complexity index is 486. The zero-order chi connectivity index (χ0) is 16.6. The normalized spacial score (nSPS) is 23.2. The number of hydrogen-bond donors (Lipinski definition) is 1. The average molecular weight is 335 g/mol. The van der Waals surface area contributed by atoms with E-state index in [0.717, 1.165) is 84.0 Å². The summed E-state index contributed by atoms with van der Waals surface area (Å²) >= 11 is 0. The molecule has 3 rings (SSSR count). The topological polar surface area (TPSA) is 58.0 Å². The van der Waals surface area contributed by atoms with Crippen molar-refractivity contribution in [2.75, 3.05) is 52.5 Å². The number of piperidine rings is 1. The molecule has 6 nitrogen and oxygen atoms in total. The molecule has 2 aliphatic rings. The summed E-state index contributed by atoms with van der Waals surface area (Å²) in [6.45, 7) is 8.17. The quantitative estimate of drug-likeness (QED) is 0.762. The largest absolute Gasteiger partial charge is 0.468 e. The van der Waals surface area contributed by atoms with Gasteiger partial charge in [0.15, 0.2) is 0 Å². The van der Waals surface area contributed by atoms with Crippen molar-refractivity contribution in [3.8, 4) is 0 Å². The fourth-order valence-corrected chi connectivity index (χ4v) is 3.52. The van der Waals surface area contributed by atoms with Crippen LogP contribution in [0.5, 0.6) is 0 Å². The summed E-state index contributed by atoms with van der Waals surface area (Å²) in [4.78, 5) is 17.1. The number of likely N-dealkylation sites (tertiary alicyclic amines) is 1. The molecule has 0 saturated carbocycles. The van der Waals surface area contributed by atoms with Crippen molar-refractivity contribution in [3.05, 3.63) is 24.2 Å². The van der Waals surface area contributed by atoms with E-state index in [-0.39, 0.29) is 11.8 Å². The lowest BCUT2D eigenvalue weighted by molar-refractivity contribution is -0.126. The van der Waals surface area contributed by atoms with Crippen LogP contribution in [0.15, 0.2) is 22.8 Å². The van der Waals surface area contributed by atoms with Crippen LogP contribution in [0.2, 0.25) is 0 Å². The van der Waals surface area contributed by atoms with E-state index in [1.807, 2.05) is 12.1 Å². The molecule has 1 aromatic heterocycles. The van der Waals surface area contributed by atoms with Gasteiger partial charge in [0.1, 0.15) is 5.76 Å². The Morgan fingerprint density at radius 2 is 2.12 bits per heavy atom. The SMILES string of the molecule is O=C(NCCCN1CCOCC1)[C@H]1CCCN(Cc2ccco2)C1.